The highest BCUT2D eigenvalue weighted by Gasteiger charge is 2.70. The average Bonchev–Trinajstić information content (AvgIpc) is 2.53. The maximum absolute atomic E-state index is 12.6. The van der Waals surface area contributed by atoms with Crippen LogP contribution in [-0.2, 0) is 19.1 Å². The van der Waals surface area contributed by atoms with Crippen molar-refractivity contribution < 1.29 is 29.0 Å². The van der Waals surface area contributed by atoms with E-state index in [1.807, 2.05) is 6.92 Å². The molecule has 3 atom stereocenters. The van der Waals surface area contributed by atoms with Gasteiger partial charge in [-0.05, 0) is 26.7 Å². The van der Waals surface area contributed by atoms with Crippen LogP contribution in [0, 0.1) is 5.41 Å². The summed E-state index contributed by atoms with van der Waals surface area (Å²) in [6.45, 7) is 3.38. The van der Waals surface area contributed by atoms with Crippen molar-refractivity contribution in [1.82, 2.24) is 10.2 Å². The highest BCUT2D eigenvalue weighted by atomic mass is 35.6. The van der Waals surface area contributed by atoms with Gasteiger partial charge in [0, 0.05) is 18.4 Å². The number of carbonyl (C=O) groups excluding carboxylic acids is 2. The van der Waals surface area contributed by atoms with Gasteiger partial charge in [-0.15, -0.1) is 0 Å². The first-order valence-corrected chi connectivity index (χ1v) is 9.08. The molecule has 0 aromatic carbocycles. The quantitative estimate of drug-likeness (QED) is 0.289. The number of carboxylic acids is 1. The number of rotatable bonds is 6. The molecule has 0 aromatic heterocycles. The number of nitrogens with zero attached hydrogens (tertiary/aromatic N) is 1. The van der Waals surface area contributed by atoms with Crippen LogP contribution >= 0.6 is 34.8 Å². The summed E-state index contributed by atoms with van der Waals surface area (Å²) in [6, 6.07) is -0.620. The molecule has 26 heavy (non-hydrogen) atoms. The summed E-state index contributed by atoms with van der Waals surface area (Å²) < 4.78 is 7.82. The van der Waals surface area contributed by atoms with Gasteiger partial charge in [-0.3, -0.25) is 9.59 Å². The summed E-state index contributed by atoms with van der Waals surface area (Å²) in [5, 5.41) is 12.8. The molecule has 1 amide bonds. The number of carboxylic acid groups (broad SMARTS) is 1. The Morgan fingerprint density at radius 1 is 1.50 bits per heavy atom. The van der Waals surface area contributed by atoms with E-state index < -0.39 is 46.0 Å². The van der Waals surface area contributed by atoms with E-state index in [1.165, 1.54) is 11.8 Å². The zero-order chi connectivity index (χ0) is 19.7. The number of aliphatic carboxylic acids is 1. The first-order chi connectivity index (χ1) is 12.0. The van der Waals surface area contributed by atoms with E-state index in [1.54, 1.807) is 6.20 Å². The molecular weight excluding hydrogens is 411 g/mol. The first-order valence-electron chi connectivity index (χ1n) is 7.94. The summed E-state index contributed by atoms with van der Waals surface area (Å²) in [6.07, 6.45) is 0.144. The van der Waals surface area contributed by atoms with Crippen molar-refractivity contribution in [2.24, 2.45) is 5.41 Å². The molecule has 8 nitrogen and oxygen atoms in total. The van der Waals surface area contributed by atoms with Crippen LogP contribution in [0.4, 0.5) is 4.79 Å². The number of β-lactam (4-membered cyclic amide) rings is 1. The minimum Gasteiger partial charge on any atom is -0.480 e. The molecule has 11 heteroatoms. The number of ether oxygens (including phenoxy) is 2. The van der Waals surface area contributed by atoms with Crippen molar-refractivity contribution in [3.05, 3.63) is 11.9 Å². The highest BCUT2D eigenvalue weighted by molar-refractivity contribution is 6.67. The molecule has 2 rings (SSSR count). The first kappa shape index (κ1) is 20.9. The van der Waals surface area contributed by atoms with Crippen molar-refractivity contribution in [1.29, 1.82) is 0 Å². The van der Waals surface area contributed by atoms with Gasteiger partial charge in [0.05, 0.1) is 6.04 Å². The van der Waals surface area contributed by atoms with Crippen LogP contribution in [0.15, 0.2) is 11.9 Å². The van der Waals surface area contributed by atoms with Crippen LogP contribution in [0.3, 0.4) is 0 Å². The maximum Gasteiger partial charge on any atom is 0.508 e. The molecule has 1 fully saturated rings. The van der Waals surface area contributed by atoms with Crippen LogP contribution in [0.25, 0.3) is 0 Å². The molecule has 2 N–H and O–H groups in total. The van der Waals surface area contributed by atoms with Gasteiger partial charge in [-0.2, -0.15) is 0 Å². The Morgan fingerprint density at radius 2 is 2.15 bits per heavy atom. The maximum atomic E-state index is 12.6. The van der Waals surface area contributed by atoms with Crippen molar-refractivity contribution in [3.8, 4) is 0 Å². The third-order valence-corrected chi connectivity index (χ3v) is 4.78. The van der Waals surface area contributed by atoms with Gasteiger partial charge < -0.3 is 24.8 Å². The number of allylic oxidation sites excluding steroid dienone is 1. The molecule has 2 aliphatic rings. The summed E-state index contributed by atoms with van der Waals surface area (Å²) in [4.78, 5) is 37.7. The monoisotopic (exact) mass is 428 g/mol. The van der Waals surface area contributed by atoms with E-state index in [2.05, 4.69) is 10.1 Å². The minimum atomic E-state index is -1.87. The van der Waals surface area contributed by atoms with Crippen molar-refractivity contribution in [3.63, 3.8) is 0 Å². The van der Waals surface area contributed by atoms with Gasteiger partial charge in [0.1, 0.15) is 12.7 Å². The van der Waals surface area contributed by atoms with Gasteiger partial charge in [-0.1, -0.05) is 34.8 Å². The van der Waals surface area contributed by atoms with Crippen LogP contribution in [0.2, 0.25) is 0 Å². The molecule has 2 aliphatic heterocycles. The molecule has 1 unspecified atom stereocenters. The van der Waals surface area contributed by atoms with Gasteiger partial charge in [-0.25, -0.2) is 4.79 Å². The number of fused-ring (bicyclic) bond motifs is 1. The summed E-state index contributed by atoms with van der Waals surface area (Å²) in [5.41, 5.74) is -1.01. The third-order valence-electron chi connectivity index (χ3n) is 4.46. The number of halogens is 3. The Hall–Kier alpha value is -1.38. The Kier molecular flexibility index (Phi) is 6.20. The Labute approximate surface area is 165 Å². The number of hydrogen-bond acceptors (Lipinski definition) is 6. The molecule has 0 aromatic rings. The number of nitrogens with one attached hydrogen (secondary N) is 1. The molecule has 2 heterocycles. The van der Waals surface area contributed by atoms with Crippen LogP contribution in [0.1, 0.15) is 26.7 Å². The van der Waals surface area contributed by atoms with Gasteiger partial charge in [0.15, 0.2) is 0 Å². The van der Waals surface area contributed by atoms with Gasteiger partial charge in [0.25, 0.3) is 0 Å². The standard InChI is InChI=1S/C15H19Cl3N2O6/c1-3-19-9-4-5-10-15(12(22)23,11(21)20(10)6-9)8(2)26-13(24)25-7-14(16,17)18/h6,8,10,19H,3-5,7H2,1-2H3,(H,22,23)/t8?,10-,15-/m1/s1. The lowest BCUT2D eigenvalue weighted by atomic mass is 9.64. The highest BCUT2D eigenvalue weighted by Crippen LogP contribution is 2.48. The number of amides is 1. The third kappa shape index (κ3) is 3.82. The lowest BCUT2D eigenvalue weighted by Gasteiger charge is -2.55. The fraction of sp³-hybridized carbons (Fsp3) is 0.667. The van der Waals surface area contributed by atoms with E-state index in [0.717, 1.165) is 5.70 Å². The second kappa shape index (κ2) is 7.70. The second-order valence-corrected chi connectivity index (χ2v) is 8.56. The topological polar surface area (TPSA) is 105 Å². The largest absolute Gasteiger partial charge is 0.508 e. The fourth-order valence-electron chi connectivity index (χ4n) is 3.32. The van der Waals surface area contributed by atoms with Crippen molar-refractivity contribution in [2.75, 3.05) is 13.2 Å². The molecular formula is C15H19Cl3N2O6. The van der Waals surface area contributed by atoms with E-state index >= 15 is 0 Å². The van der Waals surface area contributed by atoms with E-state index in [-0.39, 0.29) is 0 Å². The van der Waals surface area contributed by atoms with Crippen molar-refractivity contribution >= 4 is 52.8 Å². The zero-order valence-corrected chi connectivity index (χ0v) is 16.4. The van der Waals surface area contributed by atoms with Gasteiger partial charge >= 0.3 is 12.1 Å². The molecule has 0 bridgehead atoms. The lowest BCUT2D eigenvalue weighted by molar-refractivity contribution is -0.197. The molecule has 146 valence electrons. The Balaban J connectivity index is 2.13. The summed E-state index contributed by atoms with van der Waals surface area (Å²) in [5.74, 6) is -2.00. The van der Waals surface area contributed by atoms with E-state index in [0.29, 0.717) is 19.4 Å². The van der Waals surface area contributed by atoms with Crippen molar-refractivity contribution in [2.45, 2.75) is 42.6 Å². The normalized spacial score (nSPS) is 26.2. The summed E-state index contributed by atoms with van der Waals surface area (Å²) in [7, 11) is 0. The smallest absolute Gasteiger partial charge is 0.480 e. The Morgan fingerprint density at radius 3 is 2.69 bits per heavy atom. The van der Waals surface area contributed by atoms with E-state index in [9.17, 15) is 19.5 Å². The van der Waals surface area contributed by atoms with Gasteiger partial charge in [0.2, 0.25) is 15.1 Å². The molecule has 1 saturated heterocycles. The average molecular weight is 430 g/mol. The van der Waals surface area contributed by atoms with Crippen LogP contribution < -0.4 is 5.32 Å². The predicted octanol–water partition coefficient (Wildman–Crippen LogP) is 2.42. The SMILES string of the molecule is CCNC1=CN2C(=O)[C@@](C(=O)O)(C(C)OC(=O)OCC(Cl)(Cl)Cl)[C@H]2CC1. The molecule has 0 aliphatic carbocycles. The number of carbonyl (C=O) groups is 3. The second-order valence-electron chi connectivity index (χ2n) is 6.04. The fourth-order valence-corrected chi connectivity index (χ4v) is 3.48. The lowest BCUT2D eigenvalue weighted by Crippen LogP contribution is -2.75. The molecule has 0 saturated carbocycles. The minimum absolute atomic E-state index is 0.424. The predicted molar refractivity (Wildman–Crippen MR) is 93.9 cm³/mol. The zero-order valence-electron chi connectivity index (χ0n) is 14.1. The number of alkyl halides is 3. The molecule has 0 spiro atoms. The van der Waals surface area contributed by atoms with Crippen LogP contribution in [0.5, 0.6) is 0 Å². The van der Waals surface area contributed by atoms with E-state index in [4.69, 9.17) is 39.5 Å². The Bertz CT molecular complexity index is 635. The number of hydrogen-bond donors (Lipinski definition) is 2. The van der Waals surface area contributed by atoms with Crippen LogP contribution in [-0.4, -0.2) is 57.1 Å². The molecule has 0 radical (unpaired) electrons. The summed E-state index contributed by atoms with van der Waals surface area (Å²) >= 11 is 16.4.